The second-order valence-electron chi connectivity index (χ2n) is 6.91. The van der Waals surface area contributed by atoms with Crippen LogP contribution in [0, 0.1) is 5.92 Å². The van der Waals surface area contributed by atoms with Crippen LogP contribution in [0.5, 0.6) is 0 Å². The molecule has 0 aliphatic carbocycles. The summed E-state index contributed by atoms with van der Waals surface area (Å²) >= 11 is 12.0. The number of benzene rings is 2. The van der Waals surface area contributed by atoms with Crippen LogP contribution in [0.1, 0.15) is 18.9 Å². The zero-order chi connectivity index (χ0) is 20.1. The molecule has 0 radical (unpaired) electrons. The maximum Gasteiger partial charge on any atom is 0.243 e. The summed E-state index contributed by atoms with van der Waals surface area (Å²) in [5.41, 5.74) is 2.61. The van der Waals surface area contributed by atoms with Gasteiger partial charge in [-0.05, 0) is 42.7 Å². The van der Waals surface area contributed by atoms with E-state index >= 15 is 0 Å². The van der Waals surface area contributed by atoms with Crippen LogP contribution in [0.3, 0.4) is 0 Å². The van der Waals surface area contributed by atoms with Crippen molar-refractivity contribution in [1.82, 2.24) is 5.32 Å². The smallest absolute Gasteiger partial charge is 0.243 e. The lowest BCUT2D eigenvalue weighted by Gasteiger charge is -2.35. The number of carbonyl (C=O) groups excluding carboxylic acids is 2. The third-order valence-electron chi connectivity index (χ3n) is 4.64. The predicted octanol–water partition coefficient (Wildman–Crippen LogP) is 4.14. The molecule has 0 spiro atoms. The lowest BCUT2D eigenvalue weighted by Crippen LogP contribution is -2.46. The number of halogens is 2. The standard InChI is InChI=1S/C21H23Cl2N3O2/c1-2-7-24-21(28)15-8-14-5-3-4-6-19(14)26(12-15)13-20(27)25-18-10-16(22)9-17(23)11-18/h3-6,9-11,15H,2,7-8,12-13H2,1H3,(H,24,28)(H,25,27). The summed E-state index contributed by atoms with van der Waals surface area (Å²) in [4.78, 5) is 27.1. The van der Waals surface area contributed by atoms with Gasteiger partial charge in [-0.3, -0.25) is 9.59 Å². The van der Waals surface area contributed by atoms with Gasteiger partial charge in [0, 0.05) is 34.5 Å². The van der Waals surface area contributed by atoms with E-state index in [9.17, 15) is 9.59 Å². The molecule has 1 aliphatic heterocycles. The number of anilines is 2. The van der Waals surface area contributed by atoms with Gasteiger partial charge in [0.1, 0.15) is 0 Å². The van der Waals surface area contributed by atoms with Crippen molar-refractivity contribution in [2.75, 3.05) is 29.9 Å². The molecule has 0 saturated carbocycles. The number of amides is 2. The van der Waals surface area contributed by atoms with Crippen LogP contribution in [0.2, 0.25) is 10.0 Å². The number of fused-ring (bicyclic) bond motifs is 1. The van der Waals surface area contributed by atoms with Crippen LogP contribution in [0.4, 0.5) is 11.4 Å². The van der Waals surface area contributed by atoms with Gasteiger partial charge in [-0.15, -0.1) is 0 Å². The molecule has 28 heavy (non-hydrogen) atoms. The molecule has 1 aliphatic rings. The highest BCUT2D eigenvalue weighted by molar-refractivity contribution is 6.35. The van der Waals surface area contributed by atoms with Gasteiger partial charge in [0.2, 0.25) is 11.8 Å². The predicted molar refractivity (Wildman–Crippen MR) is 114 cm³/mol. The van der Waals surface area contributed by atoms with Crippen LogP contribution < -0.4 is 15.5 Å². The van der Waals surface area contributed by atoms with Gasteiger partial charge in [-0.2, -0.15) is 0 Å². The van der Waals surface area contributed by atoms with Gasteiger partial charge in [0.05, 0.1) is 12.5 Å². The molecule has 0 bridgehead atoms. The Balaban J connectivity index is 1.73. The minimum absolute atomic E-state index is 0.0309. The Bertz CT molecular complexity index is 852. The summed E-state index contributed by atoms with van der Waals surface area (Å²) in [7, 11) is 0. The molecule has 2 aromatic rings. The van der Waals surface area contributed by atoms with Crippen molar-refractivity contribution >= 4 is 46.4 Å². The summed E-state index contributed by atoms with van der Waals surface area (Å²) in [5.74, 6) is -0.346. The van der Waals surface area contributed by atoms with Gasteiger partial charge in [-0.1, -0.05) is 48.3 Å². The summed E-state index contributed by atoms with van der Waals surface area (Å²) in [5, 5.41) is 6.71. The van der Waals surface area contributed by atoms with Gasteiger partial charge in [0.25, 0.3) is 0 Å². The van der Waals surface area contributed by atoms with E-state index in [2.05, 4.69) is 10.6 Å². The molecule has 0 saturated heterocycles. The average Bonchev–Trinajstić information content (AvgIpc) is 2.65. The SMILES string of the molecule is CCCNC(=O)C1Cc2ccccc2N(CC(=O)Nc2cc(Cl)cc(Cl)c2)C1. The quantitative estimate of drug-likeness (QED) is 0.739. The molecule has 5 nitrogen and oxygen atoms in total. The number of carbonyl (C=O) groups is 2. The summed E-state index contributed by atoms with van der Waals surface area (Å²) < 4.78 is 0. The molecule has 1 atom stereocenters. The lowest BCUT2D eigenvalue weighted by atomic mass is 9.91. The number of para-hydroxylation sites is 1. The van der Waals surface area contributed by atoms with Crippen molar-refractivity contribution in [2.24, 2.45) is 5.92 Å². The Hall–Kier alpha value is -2.24. The monoisotopic (exact) mass is 419 g/mol. The molecule has 0 fully saturated rings. The number of rotatable bonds is 6. The van der Waals surface area contributed by atoms with Gasteiger partial charge in [-0.25, -0.2) is 0 Å². The molecular formula is C21H23Cl2N3O2. The van der Waals surface area contributed by atoms with E-state index in [-0.39, 0.29) is 24.3 Å². The van der Waals surface area contributed by atoms with Crippen LogP contribution >= 0.6 is 23.2 Å². The third kappa shape index (κ3) is 5.18. The number of hydrogen-bond donors (Lipinski definition) is 2. The Labute approximate surface area is 175 Å². The fraction of sp³-hybridized carbons (Fsp3) is 0.333. The first-order valence-corrected chi connectivity index (χ1v) is 10.1. The highest BCUT2D eigenvalue weighted by atomic mass is 35.5. The first-order valence-electron chi connectivity index (χ1n) is 9.32. The number of nitrogens with one attached hydrogen (secondary N) is 2. The fourth-order valence-electron chi connectivity index (χ4n) is 3.40. The first kappa shape index (κ1) is 20.5. The molecule has 2 N–H and O–H groups in total. The van der Waals surface area contributed by atoms with E-state index < -0.39 is 0 Å². The Morgan fingerprint density at radius 3 is 2.57 bits per heavy atom. The maximum atomic E-state index is 12.6. The average molecular weight is 420 g/mol. The molecule has 1 heterocycles. The van der Waals surface area contributed by atoms with Gasteiger partial charge >= 0.3 is 0 Å². The topological polar surface area (TPSA) is 61.4 Å². The van der Waals surface area contributed by atoms with E-state index in [0.717, 1.165) is 17.7 Å². The fourth-order valence-corrected chi connectivity index (χ4v) is 3.93. The zero-order valence-corrected chi connectivity index (χ0v) is 17.2. The van der Waals surface area contributed by atoms with E-state index in [4.69, 9.17) is 23.2 Å². The zero-order valence-electron chi connectivity index (χ0n) is 15.7. The normalized spacial score (nSPS) is 15.7. The highest BCUT2D eigenvalue weighted by Crippen LogP contribution is 2.30. The van der Waals surface area contributed by atoms with Crippen molar-refractivity contribution in [3.05, 3.63) is 58.1 Å². The van der Waals surface area contributed by atoms with Gasteiger partial charge < -0.3 is 15.5 Å². The Morgan fingerprint density at radius 1 is 1.14 bits per heavy atom. The van der Waals surface area contributed by atoms with Gasteiger partial charge in [0.15, 0.2) is 0 Å². The molecule has 0 aromatic heterocycles. The lowest BCUT2D eigenvalue weighted by molar-refractivity contribution is -0.125. The van der Waals surface area contributed by atoms with Crippen molar-refractivity contribution in [3.8, 4) is 0 Å². The van der Waals surface area contributed by atoms with E-state index in [1.165, 1.54) is 0 Å². The molecular weight excluding hydrogens is 397 g/mol. The molecule has 2 amide bonds. The minimum Gasteiger partial charge on any atom is -0.361 e. The Morgan fingerprint density at radius 2 is 1.86 bits per heavy atom. The van der Waals surface area contributed by atoms with E-state index in [0.29, 0.717) is 35.2 Å². The van der Waals surface area contributed by atoms with Crippen molar-refractivity contribution in [2.45, 2.75) is 19.8 Å². The molecule has 148 valence electrons. The minimum atomic E-state index is -0.192. The summed E-state index contributed by atoms with van der Waals surface area (Å²) in [6.45, 7) is 3.32. The largest absolute Gasteiger partial charge is 0.361 e. The first-order chi connectivity index (χ1) is 13.5. The van der Waals surface area contributed by atoms with Crippen LogP contribution in [-0.4, -0.2) is 31.4 Å². The molecule has 2 aromatic carbocycles. The molecule has 7 heteroatoms. The second-order valence-corrected chi connectivity index (χ2v) is 7.78. The van der Waals surface area contributed by atoms with E-state index in [1.807, 2.05) is 36.1 Å². The molecule has 3 rings (SSSR count). The summed E-state index contributed by atoms with van der Waals surface area (Å²) in [6, 6.07) is 12.8. The van der Waals surface area contributed by atoms with Crippen LogP contribution in [-0.2, 0) is 16.0 Å². The van der Waals surface area contributed by atoms with Crippen LogP contribution in [0.25, 0.3) is 0 Å². The summed E-state index contributed by atoms with van der Waals surface area (Å²) in [6.07, 6.45) is 1.57. The van der Waals surface area contributed by atoms with Crippen molar-refractivity contribution in [3.63, 3.8) is 0 Å². The number of nitrogens with zero attached hydrogens (tertiary/aromatic N) is 1. The van der Waals surface area contributed by atoms with Crippen molar-refractivity contribution < 1.29 is 9.59 Å². The number of hydrogen-bond acceptors (Lipinski definition) is 3. The van der Waals surface area contributed by atoms with Crippen LogP contribution in [0.15, 0.2) is 42.5 Å². The third-order valence-corrected chi connectivity index (χ3v) is 5.08. The van der Waals surface area contributed by atoms with Crippen molar-refractivity contribution in [1.29, 1.82) is 0 Å². The second kappa shape index (κ2) is 9.30. The van der Waals surface area contributed by atoms with E-state index in [1.54, 1.807) is 18.2 Å². The highest BCUT2D eigenvalue weighted by Gasteiger charge is 2.29. The Kier molecular flexibility index (Phi) is 6.81. The maximum absolute atomic E-state index is 12.6. The molecule has 1 unspecified atom stereocenters.